The Balaban J connectivity index is 3.88. The summed E-state index contributed by atoms with van der Waals surface area (Å²) >= 11 is 4.36. The third-order valence-electron chi connectivity index (χ3n) is 0.909. The Bertz CT molecular complexity index is 148. The molecule has 1 amide bonds. The summed E-state index contributed by atoms with van der Waals surface area (Å²) in [7, 11) is 0. The summed E-state index contributed by atoms with van der Waals surface area (Å²) in [6.07, 6.45) is 0. The molecule has 0 heterocycles. The van der Waals surface area contributed by atoms with Crippen LogP contribution in [0.5, 0.6) is 0 Å². The Morgan fingerprint density at radius 3 is 2.55 bits per heavy atom. The molecule has 11 heavy (non-hydrogen) atoms. The van der Waals surface area contributed by atoms with Crippen molar-refractivity contribution in [3.63, 3.8) is 0 Å². The molecular formula is C5H8ClF2NO2. The smallest absolute Gasteiger partial charge is 0.394 e. The molecule has 0 fully saturated rings. The molecule has 0 aromatic rings. The highest BCUT2D eigenvalue weighted by atomic mass is 35.5. The molecule has 0 spiro atoms. The average molecular weight is 188 g/mol. The number of hydrogen-bond acceptors (Lipinski definition) is 2. The van der Waals surface area contributed by atoms with Gasteiger partial charge in [0.15, 0.2) is 0 Å². The second kappa shape index (κ2) is 3.82. The van der Waals surface area contributed by atoms with Crippen LogP contribution in [0.3, 0.4) is 0 Å². The highest BCUT2D eigenvalue weighted by Crippen LogP contribution is 2.18. The van der Waals surface area contributed by atoms with Crippen LogP contribution < -0.4 is 5.32 Å². The lowest BCUT2D eigenvalue weighted by Crippen LogP contribution is -2.42. The molecule has 0 rings (SSSR count). The highest BCUT2D eigenvalue weighted by molar-refractivity contribution is 6.32. The van der Waals surface area contributed by atoms with E-state index in [0.717, 1.165) is 0 Å². The van der Waals surface area contributed by atoms with Gasteiger partial charge in [-0.1, -0.05) is 0 Å². The molecule has 0 aromatic heterocycles. The van der Waals surface area contributed by atoms with Gasteiger partial charge in [-0.05, 0) is 18.5 Å². The fourth-order valence-electron chi connectivity index (χ4n) is 0.351. The van der Waals surface area contributed by atoms with E-state index in [0.29, 0.717) is 0 Å². The van der Waals surface area contributed by atoms with Crippen molar-refractivity contribution in [2.75, 3.05) is 6.61 Å². The van der Waals surface area contributed by atoms with Crippen molar-refractivity contribution in [3.05, 3.63) is 0 Å². The van der Waals surface area contributed by atoms with Crippen molar-refractivity contribution >= 4 is 17.5 Å². The third-order valence-corrected chi connectivity index (χ3v) is 1.08. The van der Waals surface area contributed by atoms with Gasteiger partial charge in [-0.2, -0.15) is 8.78 Å². The predicted molar refractivity (Wildman–Crippen MR) is 35.5 cm³/mol. The summed E-state index contributed by atoms with van der Waals surface area (Å²) < 4.78 is 23.8. The molecule has 1 atom stereocenters. The van der Waals surface area contributed by atoms with Crippen LogP contribution in [0.15, 0.2) is 0 Å². The quantitative estimate of drug-likeness (QED) is 0.625. The van der Waals surface area contributed by atoms with Crippen molar-refractivity contribution in [3.8, 4) is 0 Å². The first-order chi connectivity index (χ1) is 4.88. The number of aliphatic hydroxyl groups excluding tert-OH is 1. The largest absolute Gasteiger partial charge is 0.399 e. The van der Waals surface area contributed by atoms with E-state index in [1.165, 1.54) is 6.92 Å². The maximum atomic E-state index is 11.9. The SMILES string of the molecule is CC(CO)NC(=O)C(F)(F)Cl. The molecule has 0 aliphatic carbocycles. The molecular weight excluding hydrogens is 180 g/mol. The van der Waals surface area contributed by atoms with Gasteiger partial charge in [0, 0.05) is 6.04 Å². The summed E-state index contributed by atoms with van der Waals surface area (Å²) in [5, 5.41) is 6.25. The van der Waals surface area contributed by atoms with Crippen LogP contribution in [0.2, 0.25) is 0 Å². The Hall–Kier alpha value is -0.420. The van der Waals surface area contributed by atoms with Crippen molar-refractivity contribution in [2.45, 2.75) is 18.3 Å². The monoisotopic (exact) mass is 187 g/mol. The molecule has 0 saturated heterocycles. The van der Waals surface area contributed by atoms with Gasteiger partial charge in [0.1, 0.15) is 0 Å². The summed E-state index contributed by atoms with van der Waals surface area (Å²) in [5.41, 5.74) is 0. The minimum atomic E-state index is -3.90. The molecule has 0 radical (unpaired) electrons. The molecule has 0 aliphatic heterocycles. The van der Waals surface area contributed by atoms with Gasteiger partial charge < -0.3 is 10.4 Å². The van der Waals surface area contributed by atoms with E-state index in [4.69, 9.17) is 5.11 Å². The summed E-state index contributed by atoms with van der Waals surface area (Å²) in [6.45, 7) is 0.971. The van der Waals surface area contributed by atoms with Crippen LogP contribution in [-0.2, 0) is 4.79 Å². The summed E-state index contributed by atoms with van der Waals surface area (Å²) in [5.74, 6) is -1.60. The van der Waals surface area contributed by atoms with E-state index in [-0.39, 0.29) is 0 Å². The maximum Gasteiger partial charge on any atom is 0.399 e. The van der Waals surface area contributed by atoms with E-state index >= 15 is 0 Å². The van der Waals surface area contributed by atoms with Gasteiger partial charge >= 0.3 is 11.3 Å². The lowest BCUT2D eigenvalue weighted by molar-refractivity contribution is -0.136. The lowest BCUT2D eigenvalue weighted by Gasteiger charge is -2.12. The van der Waals surface area contributed by atoms with Crippen molar-refractivity contribution in [2.24, 2.45) is 0 Å². The van der Waals surface area contributed by atoms with Crippen LogP contribution >= 0.6 is 11.6 Å². The fourth-order valence-corrected chi connectivity index (χ4v) is 0.406. The Labute approximate surface area is 67.3 Å². The second-order valence-electron chi connectivity index (χ2n) is 2.05. The number of hydrogen-bond donors (Lipinski definition) is 2. The van der Waals surface area contributed by atoms with Gasteiger partial charge in [0.25, 0.3) is 0 Å². The van der Waals surface area contributed by atoms with Gasteiger partial charge in [-0.3, -0.25) is 4.79 Å². The zero-order chi connectivity index (χ0) is 9.07. The number of nitrogens with one attached hydrogen (secondary N) is 1. The first-order valence-corrected chi connectivity index (χ1v) is 3.24. The first kappa shape index (κ1) is 10.6. The van der Waals surface area contributed by atoms with Gasteiger partial charge in [0.05, 0.1) is 6.61 Å². The number of alkyl halides is 3. The third kappa shape index (κ3) is 4.10. The summed E-state index contributed by atoms with van der Waals surface area (Å²) in [6, 6.07) is -0.716. The molecule has 1 unspecified atom stereocenters. The molecule has 0 aliphatic rings. The number of amides is 1. The number of carbonyl (C=O) groups is 1. The average Bonchev–Trinajstić information content (AvgIpc) is 1.85. The maximum absolute atomic E-state index is 11.9. The zero-order valence-electron chi connectivity index (χ0n) is 5.77. The van der Waals surface area contributed by atoms with Crippen molar-refractivity contribution in [1.82, 2.24) is 5.32 Å². The number of halogens is 3. The minimum Gasteiger partial charge on any atom is -0.394 e. The standard InChI is InChI=1S/C5H8ClF2NO2/c1-3(2-10)9-4(11)5(6,7)8/h3,10H,2H2,1H3,(H,9,11). The minimum absolute atomic E-state index is 0.404. The van der Waals surface area contributed by atoms with Crippen molar-refractivity contribution < 1.29 is 18.7 Å². The lowest BCUT2D eigenvalue weighted by atomic mass is 10.3. The van der Waals surface area contributed by atoms with Crippen LogP contribution in [0.4, 0.5) is 8.78 Å². The van der Waals surface area contributed by atoms with E-state index in [1.54, 1.807) is 5.32 Å². The molecule has 2 N–H and O–H groups in total. The molecule has 0 aromatic carbocycles. The number of rotatable bonds is 3. The van der Waals surface area contributed by atoms with Crippen molar-refractivity contribution in [1.29, 1.82) is 0 Å². The van der Waals surface area contributed by atoms with Crippen LogP contribution in [0.1, 0.15) is 6.92 Å². The van der Waals surface area contributed by atoms with Gasteiger partial charge in [-0.15, -0.1) is 0 Å². The normalized spacial score (nSPS) is 14.3. The van der Waals surface area contributed by atoms with Gasteiger partial charge in [-0.25, -0.2) is 0 Å². The highest BCUT2D eigenvalue weighted by Gasteiger charge is 2.36. The molecule has 66 valence electrons. The van der Waals surface area contributed by atoms with Gasteiger partial charge in [0.2, 0.25) is 0 Å². The van der Waals surface area contributed by atoms with E-state index < -0.39 is 23.9 Å². The Morgan fingerprint density at radius 1 is 1.82 bits per heavy atom. The zero-order valence-corrected chi connectivity index (χ0v) is 6.53. The Morgan fingerprint density at radius 2 is 2.27 bits per heavy atom. The van der Waals surface area contributed by atoms with Crippen LogP contribution in [-0.4, -0.2) is 29.0 Å². The second-order valence-corrected chi connectivity index (χ2v) is 2.53. The molecule has 3 nitrogen and oxygen atoms in total. The van der Waals surface area contributed by atoms with Crippen LogP contribution in [0, 0.1) is 0 Å². The number of aliphatic hydroxyl groups is 1. The molecule has 6 heteroatoms. The van der Waals surface area contributed by atoms with E-state index in [2.05, 4.69) is 11.6 Å². The molecule has 0 bridgehead atoms. The number of carbonyl (C=O) groups excluding carboxylic acids is 1. The topological polar surface area (TPSA) is 49.3 Å². The van der Waals surface area contributed by atoms with E-state index in [1.807, 2.05) is 0 Å². The summed E-state index contributed by atoms with van der Waals surface area (Å²) in [4.78, 5) is 10.3. The van der Waals surface area contributed by atoms with E-state index in [9.17, 15) is 13.6 Å². The predicted octanol–water partition coefficient (Wildman–Crippen LogP) is 0.315. The Kier molecular flexibility index (Phi) is 3.68. The fraction of sp³-hybridized carbons (Fsp3) is 0.800. The first-order valence-electron chi connectivity index (χ1n) is 2.86. The van der Waals surface area contributed by atoms with Crippen LogP contribution in [0.25, 0.3) is 0 Å². The molecule has 0 saturated carbocycles.